The Bertz CT molecular complexity index is 634. The topological polar surface area (TPSA) is 21.3 Å². The number of likely N-dealkylation sites (N-methyl/N-ethyl adjacent to an activating group) is 1. The molecule has 1 unspecified atom stereocenters. The zero-order chi connectivity index (χ0) is 15.4. The van der Waals surface area contributed by atoms with Crippen LogP contribution in [0.15, 0.2) is 36.4 Å². The maximum Gasteiger partial charge on any atom is 0.142 e. The fraction of sp³-hybridized carbons (Fsp3) is 0.250. The molecule has 0 aromatic heterocycles. The summed E-state index contributed by atoms with van der Waals surface area (Å²) in [6, 6.07) is 10.2. The SMILES string of the molecule is CNC(Cc1ccc(Cl)c(F)c1)c1cc(Cl)ccc1OC. The van der Waals surface area contributed by atoms with Crippen LogP contribution in [0.4, 0.5) is 4.39 Å². The number of rotatable bonds is 5. The summed E-state index contributed by atoms with van der Waals surface area (Å²) in [6.07, 6.45) is 0.599. The lowest BCUT2D eigenvalue weighted by atomic mass is 9.98. The van der Waals surface area contributed by atoms with E-state index < -0.39 is 5.82 Å². The van der Waals surface area contributed by atoms with Crippen LogP contribution in [0.5, 0.6) is 5.75 Å². The van der Waals surface area contributed by atoms with E-state index in [0.29, 0.717) is 11.4 Å². The van der Waals surface area contributed by atoms with Crippen molar-refractivity contribution in [2.75, 3.05) is 14.2 Å². The molecule has 0 aliphatic rings. The first-order valence-corrected chi connectivity index (χ1v) is 7.25. The highest BCUT2D eigenvalue weighted by Crippen LogP contribution is 2.30. The van der Waals surface area contributed by atoms with Crippen molar-refractivity contribution in [3.63, 3.8) is 0 Å². The molecule has 0 fully saturated rings. The summed E-state index contributed by atoms with van der Waals surface area (Å²) in [4.78, 5) is 0. The molecule has 0 saturated heterocycles. The van der Waals surface area contributed by atoms with Crippen LogP contribution in [0.1, 0.15) is 17.2 Å². The fourth-order valence-electron chi connectivity index (χ4n) is 2.25. The maximum absolute atomic E-state index is 13.5. The third-order valence-corrected chi connectivity index (χ3v) is 3.88. The molecule has 1 atom stereocenters. The molecule has 2 aromatic rings. The van der Waals surface area contributed by atoms with E-state index in [1.165, 1.54) is 6.07 Å². The van der Waals surface area contributed by atoms with Crippen molar-refractivity contribution in [3.8, 4) is 5.75 Å². The minimum Gasteiger partial charge on any atom is -0.496 e. The molecule has 0 radical (unpaired) electrons. The van der Waals surface area contributed by atoms with Crippen molar-refractivity contribution in [1.29, 1.82) is 0 Å². The molecular formula is C16H16Cl2FNO. The molecule has 21 heavy (non-hydrogen) atoms. The van der Waals surface area contributed by atoms with Crippen molar-refractivity contribution in [2.24, 2.45) is 0 Å². The second kappa shape index (κ2) is 7.12. The molecule has 112 valence electrons. The normalized spacial score (nSPS) is 12.2. The standard InChI is InChI=1S/C16H16Cl2FNO/c1-20-15(8-10-3-5-13(18)14(19)7-10)12-9-11(17)4-6-16(12)21-2/h3-7,9,15,20H,8H2,1-2H3. The van der Waals surface area contributed by atoms with Gasteiger partial charge in [0.1, 0.15) is 11.6 Å². The van der Waals surface area contributed by atoms with E-state index in [2.05, 4.69) is 5.32 Å². The molecule has 0 saturated carbocycles. The highest BCUT2D eigenvalue weighted by Gasteiger charge is 2.16. The molecule has 0 spiro atoms. The molecule has 0 aliphatic heterocycles. The largest absolute Gasteiger partial charge is 0.496 e. The third-order valence-electron chi connectivity index (χ3n) is 3.34. The van der Waals surface area contributed by atoms with Crippen LogP contribution in [-0.2, 0) is 6.42 Å². The minimum atomic E-state index is -0.415. The quantitative estimate of drug-likeness (QED) is 0.863. The zero-order valence-corrected chi connectivity index (χ0v) is 13.3. The van der Waals surface area contributed by atoms with E-state index in [4.69, 9.17) is 27.9 Å². The number of halogens is 3. The summed E-state index contributed by atoms with van der Waals surface area (Å²) in [5.74, 6) is 0.329. The first kappa shape index (κ1) is 16.1. The van der Waals surface area contributed by atoms with Crippen LogP contribution >= 0.6 is 23.2 Å². The Hall–Kier alpha value is -1.29. The van der Waals surface area contributed by atoms with Gasteiger partial charge in [0.05, 0.1) is 12.1 Å². The molecule has 2 aromatic carbocycles. The Balaban J connectivity index is 2.31. The lowest BCUT2D eigenvalue weighted by Gasteiger charge is -2.20. The lowest BCUT2D eigenvalue weighted by molar-refractivity contribution is 0.401. The molecule has 0 bridgehead atoms. The predicted molar refractivity (Wildman–Crippen MR) is 84.9 cm³/mol. The Morgan fingerprint density at radius 2 is 1.95 bits per heavy atom. The number of benzene rings is 2. The van der Waals surface area contributed by atoms with Crippen LogP contribution in [0, 0.1) is 5.82 Å². The highest BCUT2D eigenvalue weighted by molar-refractivity contribution is 6.31. The van der Waals surface area contributed by atoms with E-state index in [0.717, 1.165) is 16.9 Å². The molecule has 5 heteroatoms. The van der Waals surface area contributed by atoms with Gasteiger partial charge in [0.2, 0.25) is 0 Å². The summed E-state index contributed by atoms with van der Waals surface area (Å²) in [5.41, 5.74) is 1.78. The van der Waals surface area contributed by atoms with Crippen LogP contribution in [0.3, 0.4) is 0 Å². The molecule has 0 amide bonds. The molecule has 2 nitrogen and oxygen atoms in total. The van der Waals surface area contributed by atoms with E-state index in [9.17, 15) is 4.39 Å². The van der Waals surface area contributed by atoms with Gasteiger partial charge in [-0.2, -0.15) is 0 Å². The fourth-order valence-corrected chi connectivity index (χ4v) is 2.55. The van der Waals surface area contributed by atoms with Crippen LogP contribution < -0.4 is 10.1 Å². The Labute approximate surface area is 133 Å². The summed E-state index contributed by atoms with van der Waals surface area (Å²) >= 11 is 11.8. The number of hydrogen-bond donors (Lipinski definition) is 1. The van der Waals surface area contributed by atoms with Crippen molar-refractivity contribution < 1.29 is 9.13 Å². The predicted octanol–water partition coefficient (Wildman–Crippen LogP) is 4.64. The van der Waals surface area contributed by atoms with Gasteiger partial charge in [0.25, 0.3) is 0 Å². The summed E-state index contributed by atoms with van der Waals surface area (Å²) in [7, 11) is 3.46. The van der Waals surface area contributed by atoms with Gasteiger partial charge in [0, 0.05) is 16.6 Å². The second-order valence-corrected chi connectivity index (χ2v) is 5.52. The van der Waals surface area contributed by atoms with Gasteiger partial charge >= 0.3 is 0 Å². The van der Waals surface area contributed by atoms with Crippen molar-refractivity contribution in [3.05, 3.63) is 63.4 Å². The highest BCUT2D eigenvalue weighted by atomic mass is 35.5. The van der Waals surface area contributed by atoms with Crippen molar-refractivity contribution in [2.45, 2.75) is 12.5 Å². The number of hydrogen-bond acceptors (Lipinski definition) is 2. The second-order valence-electron chi connectivity index (χ2n) is 4.68. The van der Waals surface area contributed by atoms with Gasteiger partial charge in [-0.15, -0.1) is 0 Å². The number of methoxy groups -OCH3 is 1. The smallest absolute Gasteiger partial charge is 0.142 e. The monoisotopic (exact) mass is 327 g/mol. The Morgan fingerprint density at radius 3 is 2.57 bits per heavy atom. The first-order valence-electron chi connectivity index (χ1n) is 6.49. The molecule has 1 N–H and O–H groups in total. The summed E-state index contributed by atoms with van der Waals surface area (Å²) in [6.45, 7) is 0. The van der Waals surface area contributed by atoms with Gasteiger partial charge in [-0.1, -0.05) is 29.3 Å². The van der Waals surface area contributed by atoms with E-state index in [1.807, 2.05) is 25.2 Å². The van der Waals surface area contributed by atoms with Crippen LogP contribution in [0.25, 0.3) is 0 Å². The minimum absolute atomic E-state index is 0.0424. The summed E-state index contributed by atoms with van der Waals surface area (Å²) < 4.78 is 18.9. The summed E-state index contributed by atoms with van der Waals surface area (Å²) in [5, 5.41) is 3.97. The first-order chi connectivity index (χ1) is 10.0. The van der Waals surface area contributed by atoms with Gasteiger partial charge in [0.15, 0.2) is 0 Å². The average molecular weight is 328 g/mol. The Morgan fingerprint density at radius 1 is 1.19 bits per heavy atom. The average Bonchev–Trinajstić information content (AvgIpc) is 2.48. The van der Waals surface area contributed by atoms with E-state index in [1.54, 1.807) is 19.2 Å². The van der Waals surface area contributed by atoms with Gasteiger partial charge in [-0.25, -0.2) is 4.39 Å². The van der Waals surface area contributed by atoms with Crippen molar-refractivity contribution in [1.82, 2.24) is 5.32 Å². The van der Waals surface area contributed by atoms with Crippen LogP contribution in [-0.4, -0.2) is 14.2 Å². The van der Waals surface area contributed by atoms with Crippen LogP contribution in [0.2, 0.25) is 10.0 Å². The molecular weight excluding hydrogens is 312 g/mol. The van der Waals surface area contributed by atoms with E-state index >= 15 is 0 Å². The van der Waals surface area contributed by atoms with E-state index in [-0.39, 0.29) is 11.1 Å². The lowest BCUT2D eigenvalue weighted by Crippen LogP contribution is -2.19. The van der Waals surface area contributed by atoms with Gasteiger partial charge in [-0.3, -0.25) is 0 Å². The van der Waals surface area contributed by atoms with Crippen molar-refractivity contribution >= 4 is 23.2 Å². The zero-order valence-electron chi connectivity index (χ0n) is 11.8. The van der Waals surface area contributed by atoms with Gasteiger partial charge in [-0.05, 0) is 49.4 Å². The number of ether oxygens (including phenoxy) is 1. The third kappa shape index (κ3) is 3.88. The van der Waals surface area contributed by atoms with Gasteiger partial charge < -0.3 is 10.1 Å². The molecule has 2 rings (SSSR count). The number of nitrogens with one attached hydrogen (secondary N) is 1. The Kier molecular flexibility index (Phi) is 5.45. The maximum atomic E-state index is 13.5. The molecule has 0 heterocycles. The molecule has 0 aliphatic carbocycles.